The molecule has 2 aliphatic rings. The van der Waals surface area contributed by atoms with Gasteiger partial charge in [0.1, 0.15) is 34.6 Å². The topological polar surface area (TPSA) is 101 Å². The molecule has 0 saturated carbocycles. The molecule has 2 aliphatic heterocycles. The van der Waals surface area contributed by atoms with Crippen molar-refractivity contribution in [3.8, 4) is 40.3 Å². The molecule has 54 heavy (non-hydrogen) atoms. The Morgan fingerprint density at radius 3 is 1.70 bits per heavy atom. The second kappa shape index (κ2) is 13.1. The number of nitriles is 1. The Labute approximate surface area is 311 Å². The normalized spacial score (nSPS) is 14.0. The Morgan fingerprint density at radius 2 is 1.20 bits per heavy atom. The molecule has 9 rings (SSSR count). The highest BCUT2D eigenvalue weighted by atomic mass is 16.6. The predicted molar refractivity (Wildman–Crippen MR) is 207 cm³/mol. The lowest BCUT2D eigenvalue weighted by molar-refractivity contribution is 0.473. The quantitative estimate of drug-likeness (QED) is 0.140. The third kappa shape index (κ3) is 5.11. The number of rotatable bonds is 6. The van der Waals surface area contributed by atoms with Gasteiger partial charge in [0, 0.05) is 34.4 Å². The lowest BCUT2D eigenvalue weighted by Crippen LogP contribution is -2.45. The van der Waals surface area contributed by atoms with Crippen molar-refractivity contribution < 1.29 is 18.6 Å². The number of pyridine rings is 2. The van der Waals surface area contributed by atoms with E-state index in [1.165, 1.54) is 0 Å². The van der Waals surface area contributed by atoms with Gasteiger partial charge in [0.15, 0.2) is 0 Å². The molecule has 6 heterocycles. The summed E-state index contributed by atoms with van der Waals surface area (Å²) in [7, 11) is -2.01. The van der Waals surface area contributed by atoms with Crippen molar-refractivity contribution in [3.05, 3.63) is 166 Å². The third-order valence-corrected chi connectivity index (χ3v) is 9.69. The van der Waals surface area contributed by atoms with Crippen LogP contribution in [0.2, 0.25) is 0 Å². The van der Waals surface area contributed by atoms with Crippen LogP contribution in [0.4, 0.5) is 0 Å². The SMILES string of the molecule is [C-]#[N+]/C(c1ccccn1)=c1\c2c(C(C)C)n(B3Oc4ccccc4O3)/c(=C(/C#N)c3ccccn3)c2c(-c2ccccc2C)n1B1Oc2ccccc2O1. The zero-order chi connectivity index (χ0) is 36.9. The van der Waals surface area contributed by atoms with Gasteiger partial charge in [-0.3, -0.25) is 9.97 Å². The van der Waals surface area contributed by atoms with Gasteiger partial charge in [-0.15, -0.1) is 0 Å². The molecule has 0 aliphatic carbocycles. The summed E-state index contributed by atoms with van der Waals surface area (Å²) in [5.74, 6) is 2.12. The van der Waals surface area contributed by atoms with E-state index >= 15 is 0 Å². The molecular weight excluding hydrogens is 674 g/mol. The molecule has 258 valence electrons. The maximum absolute atomic E-state index is 11.2. The van der Waals surface area contributed by atoms with Gasteiger partial charge in [-0.1, -0.05) is 74.5 Å². The molecule has 0 spiro atoms. The fraction of sp³-hybridized carbons (Fsp3) is 0.0952. The molecule has 0 amide bonds. The zero-order valence-electron chi connectivity index (χ0n) is 29.6. The van der Waals surface area contributed by atoms with Gasteiger partial charge >= 0.3 is 14.5 Å². The molecule has 10 nitrogen and oxygen atoms in total. The first-order chi connectivity index (χ1) is 26.5. The van der Waals surface area contributed by atoms with Crippen LogP contribution in [0.1, 0.15) is 42.4 Å². The van der Waals surface area contributed by atoms with Gasteiger partial charge in [0.05, 0.1) is 34.4 Å². The van der Waals surface area contributed by atoms with E-state index in [2.05, 4.69) is 34.7 Å². The molecule has 0 fully saturated rings. The van der Waals surface area contributed by atoms with Crippen LogP contribution >= 0.6 is 0 Å². The number of benzene rings is 3. The van der Waals surface area contributed by atoms with Crippen LogP contribution in [0.25, 0.3) is 38.1 Å². The van der Waals surface area contributed by atoms with Gasteiger partial charge in [-0.25, -0.2) is 4.85 Å². The molecule has 4 aromatic heterocycles. The van der Waals surface area contributed by atoms with E-state index in [1.807, 2.05) is 125 Å². The van der Waals surface area contributed by atoms with Gasteiger partial charge in [-0.2, -0.15) is 5.26 Å². The summed E-state index contributed by atoms with van der Waals surface area (Å²) >= 11 is 0. The standard InChI is InChI=1S/C42H30B2N6O4/c1-26(2)39-36-37(41(29(25-45)30-17-11-13-23-47-30)49(39)43-51-32-19-7-8-20-33(32)52-43)40(28-16-6-5-15-27(28)3)50(44-53-34-21-9-10-22-35(34)54-44)42(36)38(46-4)31-18-12-14-24-48-31/h5-24,26H,1-3H3/b41-29-,42-38+. The van der Waals surface area contributed by atoms with Gasteiger partial charge < -0.3 is 27.6 Å². The Hall–Kier alpha value is -7.17. The average Bonchev–Trinajstić information content (AvgIpc) is 3.97. The highest BCUT2D eigenvalue weighted by Crippen LogP contribution is 2.40. The van der Waals surface area contributed by atoms with E-state index < -0.39 is 14.5 Å². The number of hydrogen-bond acceptors (Lipinski definition) is 7. The van der Waals surface area contributed by atoms with Crippen molar-refractivity contribution in [2.75, 3.05) is 0 Å². The summed E-state index contributed by atoms with van der Waals surface area (Å²) in [6, 6.07) is 36.5. The van der Waals surface area contributed by atoms with Crippen molar-refractivity contribution in [1.82, 2.24) is 18.9 Å². The van der Waals surface area contributed by atoms with Crippen LogP contribution in [-0.2, 0) is 0 Å². The number of aryl methyl sites for hydroxylation is 1. The minimum Gasteiger partial charge on any atom is -0.503 e. The van der Waals surface area contributed by atoms with Crippen molar-refractivity contribution in [2.45, 2.75) is 26.7 Å². The lowest BCUT2D eigenvalue weighted by atomic mass is 9.99. The number of nitrogens with zero attached hydrogens (tertiary/aromatic N) is 6. The minimum absolute atomic E-state index is 0.182. The van der Waals surface area contributed by atoms with Crippen LogP contribution in [0.3, 0.4) is 0 Å². The number of para-hydroxylation sites is 4. The van der Waals surface area contributed by atoms with E-state index in [0.717, 1.165) is 16.8 Å². The van der Waals surface area contributed by atoms with E-state index in [-0.39, 0.29) is 11.6 Å². The lowest BCUT2D eigenvalue weighted by Gasteiger charge is -2.18. The van der Waals surface area contributed by atoms with Crippen molar-refractivity contribution >= 4 is 36.5 Å². The number of fused-ring (bicyclic) bond motifs is 3. The molecule has 12 heteroatoms. The molecule has 0 atom stereocenters. The van der Waals surface area contributed by atoms with Crippen LogP contribution in [0.15, 0.2) is 122 Å². The molecule has 0 saturated heterocycles. The number of hydrogen-bond donors (Lipinski definition) is 0. The molecule has 0 N–H and O–H groups in total. The predicted octanol–water partition coefficient (Wildman–Crippen LogP) is 6.74. The van der Waals surface area contributed by atoms with Gasteiger partial charge in [0.2, 0.25) is 5.70 Å². The first-order valence-electron chi connectivity index (χ1n) is 17.6. The summed E-state index contributed by atoms with van der Waals surface area (Å²) < 4.78 is 30.3. The minimum atomic E-state index is -1.02. The Balaban J connectivity index is 1.57. The summed E-state index contributed by atoms with van der Waals surface area (Å²) in [6.45, 7) is 14.9. The van der Waals surface area contributed by atoms with Crippen LogP contribution in [0.5, 0.6) is 23.0 Å². The molecule has 0 radical (unpaired) electrons. The fourth-order valence-electron chi connectivity index (χ4n) is 7.47. The highest BCUT2D eigenvalue weighted by molar-refractivity contribution is 6.48. The van der Waals surface area contributed by atoms with Gasteiger partial charge in [0.25, 0.3) is 0 Å². The van der Waals surface area contributed by atoms with Crippen LogP contribution in [-0.4, -0.2) is 33.4 Å². The van der Waals surface area contributed by atoms with E-state index in [9.17, 15) is 5.26 Å². The Morgan fingerprint density at radius 1 is 0.685 bits per heavy atom. The first-order valence-corrected chi connectivity index (χ1v) is 17.6. The average molecular weight is 704 g/mol. The second-order valence-corrected chi connectivity index (χ2v) is 13.2. The molecule has 7 aromatic rings. The van der Waals surface area contributed by atoms with Gasteiger partial charge in [-0.05, 0) is 66.9 Å². The van der Waals surface area contributed by atoms with E-state index in [0.29, 0.717) is 67.1 Å². The van der Waals surface area contributed by atoms with Crippen LogP contribution in [0, 0.1) is 24.8 Å². The Bertz CT molecular complexity index is 2710. The van der Waals surface area contributed by atoms with Crippen LogP contribution < -0.4 is 29.3 Å². The summed E-state index contributed by atoms with van der Waals surface area (Å²) in [6.07, 6.45) is 3.34. The number of aromatic nitrogens is 4. The molecule has 0 bridgehead atoms. The van der Waals surface area contributed by atoms with E-state index in [1.54, 1.807) is 12.4 Å². The van der Waals surface area contributed by atoms with Crippen molar-refractivity contribution in [1.29, 1.82) is 5.26 Å². The van der Waals surface area contributed by atoms with E-state index in [4.69, 9.17) is 25.2 Å². The first kappa shape index (κ1) is 32.7. The third-order valence-electron chi connectivity index (χ3n) is 9.69. The van der Waals surface area contributed by atoms with Crippen molar-refractivity contribution in [2.24, 2.45) is 0 Å². The monoisotopic (exact) mass is 704 g/mol. The fourth-order valence-corrected chi connectivity index (χ4v) is 7.47. The molecule has 0 unspecified atom stereocenters. The summed E-state index contributed by atoms with van der Waals surface area (Å²) in [5, 5.41) is 13.6. The van der Waals surface area contributed by atoms with Crippen molar-refractivity contribution in [3.63, 3.8) is 0 Å². The largest absolute Gasteiger partial charge is 0.743 e. The molecular formula is C42H30B2N6O4. The smallest absolute Gasteiger partial charge is 0.503 e. The second-order valence-electron chi connectivity index (χ2n) is 13.2. The summed E-state index contributed by atoms with van der Waals surface area (Å²) in [4.78, 5) is 13.5. The molecule has 3 aromatic carbocycles. The summed E-state index contributed by atoms with van der Waals surface area (Å²) in [5.41, 5.74) is 4.79. The maximum Gasteiger partial charge on any atom is 0.743 e. The maximum atomic E-state index is 11.2. The highest BCUT2D eigenvalue weighted by Gasteiger charge is 2.45. The Kier molecular flexibility index (Phi) is 7.94. The zero-order valence-corrected chi connectivity index (χ0v) is 29.6.